The number of anilines is 1. The van der Waals surface area contributed by atoms with Crippen molar-refractivity contribution < 1.29 is 22.4 Å². The zero-order valence-corrected chi connectivity index (χ0v) is 16.4. The number of piperidine rings is 1. The highest BCUT2D eigenvalue weighted by atomic mass is 19.4. The smallest absolute Gasteiger partial charge is 0.372 e. The lowest BCUT2D eigenvalue weighted by molar-refractivity contribution is -0.0885. The van der Waals surface area contributed by atoms with E-state index >= 15 is 0 Å². The first-order valence-corrected chi connectivity index (χ1v) is 9.82. The van der Waals surface area contributed by atoms with Gasteiger partial charge in [0, 0.05) is 35.4 Å². The number of carbonyl (C=O) groups is 1. The SMILES string of the molecule is Cc1nc2ccc(N3CCCCC3)cc2c(-c2ccc(F)cc2)c1C(=O)C(F)(F)F. The lowest BCUT2D eigenvalue weighted by Crippen LogP contribution is -2.29. The lowest BCUT2D eigenvalue weighted by Gasteiger charge is -2.29. The van der Waals surface area contributed by atoms with E-state index in [1.54, 1.807) is 12.1 Å². The maximum Gasteiger partial charge on any atom is 0.454 e. The third-order valence-electron chi connectivity index (χ3n) is 5.49. The Morgan fingerprint density at radius 2 is 1.67 bits per heavy atom. The van der Waals surface area contributed by atoms with E-state index in [0.29, 0.717) is 16.5 Å². The lowest BCUT2D eigenvalue weighted by atomic mass is 9.91. The summed E-state index contributed by atoms with van der Waals surface area (Å²) in [5.41, 5.74) is 1.36. The minimum absolute atomic E-state index is 0.00475. The second-order valence-corrected chi connectivity index (χ2v) is 7.53. The summed E-state index contributed by atoms with van der Waals surface area (Å²) in [5, 5.41) is 0.447. The fourth-order valence-electron chi connectivity index (χ4n) is 4.06. The van der Waals surface area contributed by atoms with E-state index in [9.17, 15) is 22.4 Å². The number of fused-ring (bicyclic) bond motifs is 1. The highest BCUT2D eigenvalue weighted by molar-refractivity contribution is 6.13. The molecule has 2 aromatic carbocycles. The Kier molecular flexibility index (Phi) is 5.22. The first kappa shape index (κ1) is 20.3. The number of pyridine rings is 1. The van der Waals surface area contributed by atoms with Crippen LogP contribution in [0.2, 0.25) is 0 Å². The molecule has 0 aliphatic carbocycles. The van der Waals surface area contributed by atoms with Gasteiger partial charge in [-0.3, -0.25) is 9.78 Å². The molecule has 0 saturated carbocycles. The van der Waals surface area contributed by atoms with Crippen molar-refractivity contribution in [3.63, 3.8) is 0 Å². The number of alkyl halides is 3. The van der Waals surface area contributed by atoms with Crippen LogP contribution in [0.4, 0.5) is 23.2 Å². The second-order valence-electron chi connectivity index (χ2n) is 7.53. The second kappa shape index (κ2) is 7.70. The molecule has 2 heterocycles. The first-order valence-electron chi connectivity index (χ1n) is 9.82. The van der Waals surface area contributed by atoms with Crippen molar-refractivity contribution in [3.05, 3.63) is 59.5 Å². The molecular formula is C23H20F4N2O. The molecule has 3 aromatic rings. The number of carbonyl (C=O) groups excluding carboxylic acids is 1. The number of ketones is 1. The molecule has 0 amide bonds. The Morgan fingerprint density at radius 1 is 1.00 bits per heavy atom. The van der Waals surface area contributed by atoms with Crippen LogP contribution in [0.15, 0.2) is 42.5 Å². The summed E-state index contributed by atoms with van der Waals surface area (Å²) in [6, 6.07) is 10.6. The third-order valence-corrected chi connectivity index (χ3v) is 5.49. The number of halogens is 4. The predicted octanol–water partition coefficient (Wildman–Crippen LogP) is 6.08. The normalized spacial score (nSPS) is 14.9. The van der Waals surface area contributed by atoms with Gasteiger partial charge in [0.25, 0.3) is 5.78 Å². The zero-order chi connectivity index (χ0) is 21.5. The maximum atomic E-state index is 13.5. The topological polar surface area (TPSA) is 33.2 Å². The number of benzene rings is 2. The fourth-order valence-corrected chi connectivity index (χ4v) is 4.06. The van der Waals surface area contributed by atoms with Gasteiger partial charge in [-0.05, 0) is 62.1 Å². The van der Waals surface area contributed by atoms with Crippen LogP contribution in [0.25, 0.3) is 22.0 Å². The molecule has 7 heteroatoms. The van der Waals surface area contributed by atoms with Gasteiger partial charge < -0.3 is 4.90 Å². The van der Waals surface area contributed by atoms with Gasteiger partial charge in [0.05, 0.1) is 11.1 Å². The van der Waals surface area contributed by atoms with E-state index in [1.807, 2.05) is 6.07 Å². The van der Waals surface area contributed by atoms with Gasteiger partial charge in [-0.1, -0.05) is 12.1 Å². The molecule has 1 saturated heterocycles. The highest BCUT2D eigenvalue weighted by Crippen LogP contribution is 2.38. The van der Waals surface area contributed by atoms with Crippen molar-refractivity contribution in [3.8, 4) is 11.1 Å². The molecule has 1 aliphatic heterocycles. The summed E-state index contributed by atoms with van der Waals surface area (Å²) >= 11 is 0. The quantitative estimate of drug-likeness (QED) is 0.383. The van der Waals surface area contributed by atoms with Crippen LogP contribution >= 0.6 is 0 Å². The average Bonchev–Trinajstić information content (AvgIpc) is 2.73. The fraction of sp³-hybridized carbons (Fsp3) is 0.304. The molecule has 3 nitrogen and oxygen atoms in total. The number of Topliss-reactive ketones (excluding diaryl/α,β-unsaturated/α-hetero) is 1. The number of hydrogen-bond donors (Lipinski definition) is 0. The molecule has 4 rings (SSSR count). The maximum absolute atomic E-state index is 13.5. The van der Waals surface area contributed by atoms with Gasteiger partial charge in [-0.2, -0.15) is 13.2 Å². The van der Waals surface area contributed by atoms with Crippen LogP contribution in [-0.4, -0.2) is 30.0 Å². The minimum Gasteiger partial charge on any atom is -0.372 e. The van der Waals surface area contributed by atoms with E-state index in [4.69, 9.17) is 0 Å². The molecule has 156 valence electrons. The predicted molar refractivity (Wildman–Crippen MR) is 108 cm³/mol. The van der Waals surface area contributed by atoms with Gasteiger partial charge in [-0.25, -0.2) is 4.39 Å². The Hall–Kier alpha value is -2.96. The molecule has 1 aromatic heterocycles. The molecule has 0 unspecified atom stereocenters. The van der Waals surface area contributed by atoms with Crippen molar-refractivity contribution in [1.29, 1.82) is 0 Å². The van der Waals surface area contributed by atoms with Crippen LogP contribution in [0.1, 0.15) is 35.3 Å². The summed E-state index contributed by atoms with van der Waals surface area (Å²) in [6.07, 6.45) is -1.80. The van der Waals surface area contributed by atoms with Crippen molar-refractivity contribution in [2.24, 2.45) is 0 Å². The molecule has 0 N–H and O–H groups in total. The third kappa shape index (κ3) is 3.76. The average molecular weight is 416 g/mol. The standard InChI is InChI=1S/C23H20F4N2O/c1-14-20(22(30)23(25,26)27)21(15-5-7-16(24)8-6-15)18-13-17(9-10-19(18)28-14)29-11-3-2-4-12-29/h5-10,13H,2-4,11-12H2,1H3. The summed E-state index contributed by atoms with van der Waals surface area (Å²) in [7, 11) is 0. The number of nitrogens with zero attached hydrogens (tertiary/aromatic N) is 2. The van der Waals surface area contributed by atoms with Gasteiger partial charge in [0.1, 0.15) is 5.82 Å². The van der Waals surface area contributed by atoms with E-state index in [-0.39, 0.29) is 11.3 Å². The monoisotopic (exact) mass is 416 g/mol. The summed E-state index contributed by atoms with van der Waals surface area (Å²) in [4.78, 5) is 18.8. The molecule has 1 fully saturated rings. The molecule has 0 spiro atoms. The van der Waals surface area contributed by atoms with Crippen LogP contribution in [0, 0.1) is 12.7 Å². The van der Waals surface area contributed by atoms with E-state index in [0.717, 1.165) is 38.0 Å². The Morgan fingerprint density at radius 3 is 2.30 bits per heavy atom. The summed E-state index contributed by atoms with van der Waals surface area (Å²) < 4.78 is 53.7. The number of rotatable bonds is 3. The van der Waals surface area contributed by atoms with Crippen LogP contribution < -0.4 is 4.90 Å². The van der Waals surface area contributed by atoms with Crippen LogP contribution in [0.5, 0.6) is 0 Å². The van der Waals surface area contributed by atoms with Crippen molar-refractivity contribution >= 4 is 22.4 Å². The Labute approximate surface area is 171 Å². The summed E-state index contributed by atoms with van der Waals surface area (Å²) in [6.45, 7) is 3.13. The van der Waals surface area contributed by atoms with Gasteiger partial charge in [0.2, 0.25) is 0 Å². The van der Waals surface area contributed by atoms with Crippen molar-refractivity contribution in [1.82, 2.24) is 4.98 Å². The highest BCUT2D eigenvalue weighted by Gasteiger charge is 2.42. The molecule has 0 bridgehead atoms. The van der Waals surface area contributed by atoms with E-state index < -0.39 is 23.3 Å². The van der Waals surface area contributed by atoms with Gasteiger partial charge in [-0.15, -0.1) is 0 Å². The Bertz CT molecular complexity index is 1100. The van der Waals surface area contributed by atoms with E-state index in [2.05, 4.69) is 9.88 Å². The molecule has 30 heavy (non-hydrogen) atoms. The number of aromatic nitrogens is 1. The molecule has 0 atom stereocenters. The van der Waals surface area contributed by atoms with Crippen molar-refractivity contribution in [2.45, 2.75) is 32.4 Å². The largest absolute Gasteiger partial charge is 0.454 e. The van der Waals surface area contributed by atoms with E-state index in [1.165, 1.54) is 31.2 Å². The van der Waals surface area contributed by atoms with Crippen LogP contribution in [0.3, 0.4) is 0 Å². The molecular weight excluding hydrogens is 396 g/mol. The zero-order valence-electron chi connectivity index (χ0n) is 16.4. The van der Waals surface area contributed by atoms with Crippen LogP contribution in [-0.2, 0) is 0 Å². The number of hydrogen-bond acceptors (Lipinski definition) is 3. The van der Waals surface area contributed by atoms with Crippen molar-refractivity contribution in [2.75, 3.05) is 18.0 Å². The molecule has 1 aliphatic rings. The first-order chi connectivity index (χ1) is 14.3. The minimum atomic E-state index is -5.04. The summed E-state index contributed by atoms with van der Waals surface area (Å²) in [5.74, 6) is -2.45. The van der Waals surface area contributed by atoms with Gasteiger partial charge >= 0.3 is 6.18 Å². The van der Waals surface area contributed by atoms with Gasteiger partial charge in [0.15, 0.2) is 0 Å². The molecule has 0 radical (unpaired) electrons. The number of aryl methyl sites for hydroxylation is 1. The Balaban J connectivity index is 2.01.